The molecule has 1 aromatic carbocycles. The molecule has 2 amide bonds. The molecule has 0 saturated carbocycles. The first-order valence-corrected chi connectivity index (χ1v) is 11.9. The van der Waals surface area contributed by atoms with Gasteiger partial charge in [0, 0.05) is 31.0 Å². The number of β-lactam (4-membered cyclic amide) rings is 1. The molecule has 2 aliphatic rings. The summed E-state index contributed by atoms with van der Waals surface area (Å²) >= 11 is 1.26. The standard InChI is InChI=1S/C23H21N5O7S/c1-11(29)17-15-7-14(16-8-26-10-25-18(20(30)24-2)22(26)36-16)19(27(15)21(17)31)23(32)35-9-12-3-5-13(6-4-12)28(33)34/h3-6,8,10-11,15,17,29H,7,9H2,1-2H3,(H,24,30)/t11-,15-,17-/m1/s1. The molecule has 1 fully saturated rings. The van der Waals surface area contributed by atoms with Crippen LogP contribution in [0.25, 0.3) is 10.4 Å². The minimum atomic E-state index is -0.876. The number of rotatable bonds is 7. The van der Waals surface area contributed by atoms with Crippen LogP contribution in [-0.2, 0) is 20.9 Å². The number of benzene rings is 1. The summed E-state index contributed by atoms with van der Waals surface area (Å²) in [6.07, 6.45) is 2.71. The smallest absolute Gasteiger partial charge is 0.355 e. The van der Waals surface area contributed by atoms with Crippen LogP contribution in [0.5, 0.6) is 0 Å². The van der Waals surface area contributed by atoms with Gasteiger partial charge in [-0.2, -0.15) is 0 Å². The number of amides is 2. The van der Waals surface area contributed by atoms with Crippen LogP contribution >= 0.6 is 11.3 Å². The number of hydrogen-bond donors (Lipinski definition) is 2. The maximum absolute atomic E-state index is 13.2. The van der Waals surface area contributed by atoms with Crippen LogP contribution in [0, 0.1) is 16.0 Å². The Morgan fingerprint density at radius 3 is 2.72 bits per heavy atom. The Morgan fingerprint density at radius 2 is 2.08 bits per heavy atom. The van der Waals surface area contributed by atoms with E-state index in [9.17, 15) is 29.6 Å². The van der Waals surface area contributed by atoms with Crippen LogP contribution in [0.4, 0.5) is 5.69 Å². The number of nitrogens with zero attached hydrogens (tertiary/aromatic N) is 4. The highest BCUT2D eigenvalue weighted by Gasteiger charge is 2.57. The maximum atomic E-state index is 13.2. The molecule has 12 nitrogen and oxygen atoms in total. The molecule has 0 unspecified atom stereocenters. The number of hydrogen-bond acceptors (Lipinski definition) is 9. The molecular weight excluding hydrogens is 490 g/mol. The van der Waals surface area contributed by atoms with E-state index in [1.165, 1.54) is 53.9 Å². The third kappa shape index (κ3) is 3.72. The zero-order valence-electron chi connectivity index (χ0n) is 19.2. The minimum Gasteiger partial charge on any atom is -0.456 e. The number of aliphatic hydroxyl groups is 1. The summed E-state index contributed by atoms with van der Waals surface area (Å²) in [7, 11) is 1.51. The van der Waals surface area contributed by atoms with Gasteiger partial charge in [0.15, 0.2) is 5.69 Å². The van der Waals surface area contributed by atoms with Crippen molar-refractivity contribution in [3.05, 3.63) is 68.7 Å². The number of nitrogens with one attached hydrogen (secondary N) is 1. The van der Waals surface area contributed by atoms with Crippen molar-refractivity contribution >= 4 is 45.2 Å². The van der Waals surface area contributed by atoms with E-state index in [2.05, 4.69) is 10.3 Å². The summed E-state index contributed by atoms with van der Waals surface area (Å²) in [6.45, 7) is 1.40. The predicted octanol–water partition coefficient (Wildman–Crippen LogP) is 1.73. The van der Waals surface area contributed by atoms with Crippen molar-refractivity contribution in [2.24, 2.45) is 5.92 Å². The average Bonchev–Trinajstić information content (AvgIpc) is 3.53. The molecule has 13 heteroatoms. The number of nitro benzene ring substituents is 1. The summed E-state index contributed by atoms with van der Waals surface area (Å²) < 4.78 is 7.18. The molecule has 5 rings (SSSR count). The topological polar surface area (TPSA) is 156 Å². The van der Waals surface area contributed by atoms with Crippen molar-refractivity contribution in [3.8, 4) is 0 Å². The number of esters is 1. The van der Waals surface area contributed by atoms with Crippen molar-refractivity contribution in [2.75, 3.05) is 7.05 Å². The van der Waals surface area contributed by atoms with Gasteiger partial charge in [-0.1, -0.05) is 0 Å². The van der Waals surface area contributed by atoms with Crippen LogP contribution in [0.15, 0.2) is 42.5 Å². The number of carbonyl (C=O) groups excluding carboxylic acids is 3. The highest BCUT2D eigenvalue weighted by Crippen LogP contribution is 2.48. The molecule has 3 aromatic rings. The highest BCUT2D eigenvalue weighted by molar-refractivity contribution is 7.18. The number of aromatic nitrogens is 2. The van der Waals surface area contributed by atoms with E-state index in [1.807, 2.05) is 0 Å². The number of thiazole rings is 1. The number of non-ortho nitro benzene ring substituents is 1. The lowest BCUT2D eigenvalue weighted by atomic mass is 9.83. The number of aliphatic hydroxyl groups excluding tert-OH is 1. The van der Waals surface area contributed by atoms with Crippen molar-refractivity contribution in [1.82, 2.24) is 19.6 Å². The van der Waals surface area contributed by atoms with E-state index in [0.29, 0.717) is 27.3 Å². The molecule has 186 valence electrons. The fourth-order valence-corrected chi connectivity index (χ4v) is 5.75. The SMILES string of the molecule is CNC(=O)c1ncn2cc(C3=C(C(=O)OCc4ccc([N+](=O)[O-])cc4)N4C(=O)[C@H]([C@@H](C)O)[C@H]4C3)sc12. The Morgan fingerprint density at radius 1 is 1.36 bits per heavy atom. The molecule has 0 spiro atoms. The first-order chi connectivity index (χ1) is 17.2. The summed E-state index contributed by atoms with van der Waals surface area (Å²) in [4.78, 5) is 55.4. The molecule has 2 N–H and O–H groups in total. The van der Waals surface area contributed by atoms with Gasteiger partial charge >= 0.3 is 5.97 Å². The number of ether oxygens (including phenoxy) is 1. The van der Waals surface area contributed by atoms with Crippen molar-refractivity contribution in [2.45, 2.75) is 32.1 Å². The third-order valence-corrected chi connectivity index (χ3v) is 7.56. The fraction of sp³-hybridized carbons (Fsp3) is 0.304. The zero-order chi connectivity index (χ0) is 25.7. The first-order valence-electron chi connectivity index (χ1n) is 11.0. The predicted molar refractivity (Wildman–Crippen MR) is 127 cm³/mol. The van der Waals surface area contributed by atoms with Crippen LogP contribution in [0.2, 0.25) is 0 Å². The molecule has 2 aromatic heterocycles. The molecule has 0 bridgehead atoms. The third-order valence-electron chi connectivity index (χ3n) is 6.39. The minimum absolute atomic E-state index is 0.0799. The second-order valence-corrected chi connectivity index (χ2v) is 9.58. The second-order valence-electron chi connectivity index (χ2n) is 8.55. The molecule has 0 aliphatic carbocycles. The van der Waals surface area contributed by atoms with Crippen molar-refractivity contribution in [1.29, 1.82) is 0 Å². The van der Waals surface area contributed by atoms with E-state index in [0.717, 1.165) is 0 Å². The van der Waals surface area contributed by atoms with Crippen LogP contribution in [0.3, 0.4) is 0 Å². The van der Waals surface area contributed by atoms with Gasteiger partial charge in [-0.25, -0.2) is 9.78 Å². The van der Waals surface area contributed by atoms with E-state index in [1.54, 1.807) is 17.5 Å². The Labute approximate surface area is 207 Å². The molecule has 0 radical (unpaired) electrons. The Hall–Kier alpha value is -4.10. The van der Waals surface area contributed by atoms with Gasteiger partial charge in [-0.05, 0) is 31.0 Å². The Bertz CT molecular complexity index is 1440. The summed E-state index contributed by atoms with van der Waals surface area (Å²) in [5.41, 5.74) is 1.40. The van der Waals surface area contributed by atoms with Gasteiger partial charge in [-0.3, -0.25) is 24.1 Å². The van der Waals surface area contributed by atoms with Crippen molar-refractivity contribution in [3.63, 3.8) is 0 Å². The monoisotopic (exact) mass is 511 g/mol. The quantitative estimate of drug-likeness (QED) is 0.210. The lowest BCUT2D eigenvalue weighted by Crippen LogP contribution is -2.61. The van der Waals surface area contributed by atoms with E-state index >= 15 is 0 Å². The summed E-state index contributed by atoms with van der Waals surface area (Å²) in [5.74, 6) is -2.05. The molecular formula is C23H21N5O7S. The van der Waals surface area contributed by atoms with Crippen LogP contribution in [-0.4, -0.2) is 61.3 Å². The van der Waals surface area contributed by atoms with Gasteiger partial charge in [0.1, 0.15) is 23.5 Å². The van der Waals surface area contributed by atoms with Gasteiger partial charge in [0.2, 0.25) is 5.91 Å². The molecule has 2 aliphatic heterocycles. The molecule has 36 heavy (non-hydrogen) atoms. The lowest BCUT2D eigenvalue weighted by molar-refractivity contribution is -0.384. The van der Waals surface area contributed by atoms with Gasteiger partial charge in [-0.15, -0.1) is 11.3 Å². The number of carbonyl (C=O) groups is 3. The number of nitro groups is 1. The van der Waals surface area contributed by atoms with E-state index in [4.69, 9.17) is 4.74 Å². The largest absolute Gasteiger partial charge is 0.456 e. The lowest BCUT2D eigenvalue weighted by Gasteiger charge is -2.44. The number of imidazole rings is 1. The van der Waals surface area contributed by atoms with E-state index < -0.39 is 22.9 Å². The maximum Gasteiger partial charge on any atom is 0.355 e. The molecule has 3 atom stereocenters. The van der Waals surface area contributed by atoms with Crippen LogP contribution < -0.4 is 5.32 Å². The van der Waals surface area contributed by atoms with Gasteiger partial charge in [0.25, 0.3) is 11.6 Å². The highest BCUT2D eigenvalue weighted by atomic mass is 32.1. The molecule has 4 heterocycles. The first kappa shape index (κ1) is 23.6. The summed E-state index contributed by atoms with van der Waals surface area (Å²) in [6, 6.07) is 5.24. The summed E-state index contributed by atoms with van der Waals surface area (Å²) in [5, 5.41) is 23.5. The van der Waals surface area contributed by atoms with Crippen molar-refractivity contribution < 1.29 is 29.2 Å². The second kappa shape index (κ2) is 8.84. The Balaban J connectivity index is 1.47. The molecule has 1 saturated heterocycles. The average molecular weight is 512 g/mol. The van der Waals surface area contributed by atoms with E-state index in [-0.39, 0.29) is 41.5 Å². The fourth-order valence-electron chi connectivity index (χ4n) is 4.62. The number of fused-ring (bicyclic) bond motifs is 2. The Kier molecular flexibility index (Phi) is 5.80. The zero-order valence-corrected chi connectivity index (χ0v) is 20.0. The normalized spacial score (nSPS) is 19.8. The van der Waals surface area contributed by atoms with Gasteiger partial charge < -0.3 is 20.1 Å². The van der Waals surface area contributed by atoms with Crippen LogP contribution in [0.1, 0.15) is 34.3 Å². The van der Waals surface area contributed by atoms with Gasteiger partial charge in [0.05, 0.1) is 27.9 Å².